The lowest BCUT2D eigenvalue weighted by molar-refractivity contribution is -0.129. The molecule has 20 heavy (non-hydrogen) atoms. The molecule has 0 radical (unpaired) electrons. The molecule has 4 nitrogen and oxygen atoms in total. The molecule has 2 atom stereocenters. The summed E-state index contributed by atoms with van der Waals surface area (Å²) < 4.78 is 0. The molecule has 2 N–H and O–H groups in total. The summed E-state index contributed by atoms with van der Waals surface area (Å²) in [4.78, 5) is 25.5. The molecule has 1 fully saturated rings. The molecule has 1 aromatic carbocycles. The van der Waals surface area contributed by atoms with Crippen LogP contribution in [0.2, 0.25) is 0 Å². The number of carbonyl (C=O) groups is 2. The molecule has 1 aliphatic rings. The number of primary amides is 1. The fraction of sp³-hybridized carbons (Fsp3) is 0.500. The predicted octanol–water partition coefficient (Wildman–Crippen LogP) is 1.37. The molecule has 1 heterocycles. The van der Waals surface area contributed by atoms with Gasteiger partial charge in [-0.2, -0.15) is 0 Å². The number of hydrogen-bond donors (Lipinski definition) is 1. The summed E-state index contributed by atoms with van der Waals surface area (Å²) >= 11 is 0. The van der Waals surface area contributed by atoms with Crippen molar-refractivity contribution < 1.29 is 9.59 Å². The first-order valence-corrected chi connectivity index (χ1v) is 7.16. The van der Waals surface area contributed by atoms with Gasteiger partial charge in [0.05, 0.1) is 12.3 Å². The fourth-order valence-corrected chi connectivity index (χ4v) is 2.89. The van der Waals surface area contributed by atoms with Crippen molar-refractivity contribution in [2.24, 2.45) is 17.6 Å². The third kappa shape index (κ3) is 3.00. The van der Waals surface area contributed by atoms with Crippen LogP contribution in [0.3, 0.4) is 0 Å². The third-order valence-electron chi connectivity index (χ3n) is 4.17. The Morgan fingerprint density at radius 1 is 1.25 bits per heavy atom. The van der Waals surface area contributed by atoms with E-state index in [0.717, 1.165) is 12.0 Å². The van der Waals surface area contributed by atoms with Crippen LogP contribution in [0.5, 0.6) is 0 Å². The molecule has 0 aliphatic carbocycles. The van der Waals surface area contributed by atoms with Gasteiger partial charge in [0.2, 0.25) is 11.8 Å². The first-order chi connectivity index (χ1) is 9.52. The Morgan fingerprint density at radius 3 is 2.45 bits per heavy atom. The molecular formula is C16H22N2O2. The summed E-state index contributed by atoms with van der Waals surface area (Å²) in [6, 6.07) is 8.01. The number of amides is 2. The zero-order valence-electron chi connectivity index (χ0n) is 12.1. The zero-order valence-corrected chi connectivity index (χ0v) is 12.1. The highest BCUT2D eigenvalue weighted by Crippen LogP contribution is 2.23. The number of benzene rings is 1. The summed E-state index contributed by atoms with van der Waals surface area (Å²) in [7, 11) is 0. The minimum atomic E-state index is -0.304. The smallest absolute Gasteiger partial charge is 0.227 e. The monoisotopic (exact) mass is 274 g/mol. The number of likely N-dealkylation sites (tertiary alicyclic amines) is 1. The Balaban J connectivity index is 2.04. The highest BCUT2D eigenvalue weighted by molar-refractivity contribution is 5.82. The minimum Gasteiger partial charge on any atom is -0.369 e. The van der Waals surface area contributed by atoms with E-state index >= 15 is 0 Å². The van der Waals surface area contributed by atoms with Gasteiger partial charge >= 0.3 is 0 Å². The van der Waals surface area contributed by atoms with Crippen molar-refractivity contribution in [2.75, 3.05) is 13.1 Å². The van der Waals surface area contributed by atoms with Gasteiger partial charge in [-0.1, -0.05) is 38.1 Å². The van der Waals surface area contributed by atoms with Crippen LogP contribution >= 0.6 is 0 Å². The largest absolute Gasteiger partial charge is 0.369 e. The number of nitrogens with zero attached hydrogens (tertiary/aromatic N) is 1. The van der Waals surface area contributed by atoms with Crippen molar-refractivity contribution >= 4 is 11.8 Å². The summed E-state index contributed by atoms with van der Waals surface area (Å²) in [6.45, 7) is 5.15. The number of rotatable bonds is 4. The first-order valence-electron chi connectivity index (χ1n) is 7.16. The second-order valence-electron chi connectivity index (χ2n) is 5.58. The molecule has 0 saturated carbocycles. The van der Waals surface area contributed by atoms with Crippen molar-refractivity contribution in [3.05, 3.63) is 35.4 Å². The van der Waals surface area contributed by atoms with Gasteiger partial charge in [0.25, 0.3) is 0 Å². The van der Waals surface area contributed by atoms with E-state index < -0.39 is 0 Å². The molecule has 2 amide bonds. The van der Waals surface area contributed by atoms with Gasteiger partial charge in [-0.05, 0) is 23.5 Å². The predicted molar refractivity (Wildman–Crippen MR) is 78.0 cm³/mol. The molecule has 2 rings (SSSR count). The lowest BCUT2D eigenvalue weighted by Crippen LogP contribution is -2.33. The first kappa shape index (κ1) is 14.6. The minimum absolute atomic E-state index is 0.0847. The highest BCUT2D eigenvalue weighted by atomic mass is 16.2. The van der Waals surface area contributed by atoms with Crippen molar-refractivity contribution in [1.82, 2.24) is 4.90 Å². The van der Waals surface area contributed by atoms with Gasteiger partial charge in [0.15, 0.2) is 0 Å². The second kappa shape index (κ2) is 6.07. The molecule has 0 unspecified atom stereocenters. The average molecular weight is 274 g/mol. The lowest BCUT2D eigenvalue weighted by Gasteiger charge is -2.17. The highest BCUT2D eigenvalue weighted by Gasteiger charge is 2.35. The van der Waals surface area contributed by atoms with E-state index in [1.54, 1.807) is 4.90 Å². The van der Waals surface area contributed by atoms with Crippen molar-refractivity contribution in [2.45, 2.75) is 26.7 Å². The van der Waals surface area contributed by atoms with Crippen LogP contribution in [0.4, 0.5) is 0 Å². The topological polar surface area (TPSA) is 63.4 Å². The molecule has 1 aliphatic heterocycles. The van der Waals surface area contributed by atoms with Crippen LogP contribution in [0.15, 0.2) is 24.3 Å². The number of carbonyl (C=O) groups excluding carboxylic acids is 2. The van der Waals surface area contributed by atoms with E-state index in [1.807, 2.05) is 25.1 Å². The van der Waals surface area contributed by atoms with Crippen LogP contribution in [-0.4, -0.2) is 29.8 Å². The summed E-state index contributed by atoms with van der Waals surface area (Å²) in [6.07, 6.45) is 1.33. The Morgan fingerprint density at radius 2 is 1.90 bits per heavy atom. The normalized spacial score (nSPS) is 22.0. The molecule has 1 saturated heterocycles. The molecule has 0 aromatic heterocycles. The number of aryl methyl sites for hydroxylation is 1. The van der Waals surface area contributed by atoms with Crippen LogP contribution < -0.4 is 5.73 Å². The maximum absolute atomic E-state index is 12.4. The molecule has 0 bridgehead atoms. The van der Waals surface area contributed by atoms with Crippen LogP contribution in [0, 0.1) is 11.8 Å². The quantitative estimate of drug-likeness (QED) is 0.901. The summed E-state index contributed by atoms with van der Waals surface area (Å²) in [5.41, 5.74) is 7.66. The molecule has 4 heteroatoms. The average Bonchev–Trinajstić information content (AvgIpc) is 2.81. The molecule has 108 valence electrons. The number of hydrogen-bond acceptors (Lipinski definition) is 2. The van der Waals surface area contributed by atoms with E-state index in [0.29, 0.717) is 19.5 Å². The van der Waals surface area contributed by atoms with Crippen molar-refractivity contribution in [3.63, 3.8) is 0 Å². The maximum atomic E-state index is 12.4. The van der Waals surface area contributed by atoms with Crippen molar-refractivity contribution in [1.29, 1.82) is 0 Å². The summed E-state index contributed by atoms with van der Waals surface area (Å²) in [5.74, 6) is -0.276. The van der Waals surface area contributed by atoms with Crippen LogP contribution in [-0.2, 0) is 22.4 Å². The van der Waals surface area contributed by atoms with Gasteiger partial charge < -0.3 is 10.6 Å². The summed E-state index contributed by atoms with van der Waals surface area (Å²) in [5, 5.41) is 0. The molecular weight excluding hydrogens is 252 g/mol. The van der Waals surface area contributed by atoms with E-state index in [2.05, 4.69) is 13.0 Å². The molecule has 1 aromatic rings. The lowest BCUT2D eigenvalue weighted by atomic mass is 9.98. The van der Waals surface area contributed by atoms with E-state index in [1.165, 1.54) is 5.56 Å². The SMILES string of the molecule is CCc1ccccc1CC(=O)N1C[C@@H](C)[C@H](C(N)=O)C1. The van der Waals surface area contributed by atoms with Gasteiger partial charge in [-0.3, -0.25) is 9.59 Å². The number of nitrogens with two attached hydrogens (primary N) is 1. The fourth-order valence-electron chi connectivity index (χ4n) is 2.89. The Labute approximate surface area is 119 Å². The van der Waals surface area contributed by atoms with E-state index in [4.69, 9.17) is 5.73 Å². The maximum Gasteiger partial charge on any atom is 0.227 e. The molecule has 0 spiro atoms. The Kier molecular flexibility index (Phi) is 4.42. The third-order valence-corrected chi connectivity index (χ3v) is 4.17. The zero-order chi connectivity index (χ0) is 14.7. The Bertz CT molecular complexity index is 513. The van der Waals surface area contributed by atoms with Gasteiger partial charge in [0.1, 0.15) is 0 Å². The van der Waals surface area contributed by atoms with Gasteiger partial charge in [0, 0.05) is 13.1 Å². The Hall–Kier alpha value is -1.84. The second-order valence-corrected chi connectivity index (χ2v) is 5.58. The van der Waals surface area contributed by atoms with E-state index in [-0.39, 0.29) is 23.7 Å². The van der Waals surface area contributed by atoms with Gasteiger partial charge in [-0.15, -0.1) is 0 Å². The van der Waals surface area contributed by atoms with Crippen molar-refractivity contribution in [3.8, 4) is 0 Å². The van der Waals surface area contributed by atoms with Gasteiger partial charge in [-0.25, -0.2) is 0 Å². The van der Waals surface area contributed by atoms with E-state index in [9.17, 15) is 9.59 Å². The standard InChI is InChI=1S/C16H22N2O2/c1-3-12-6-4-5-7-13(12)8-15(19)18-9-11(2)14(10-18)16(17)20/h4-7,11,14H,3,8-10H2,1-2H3,(H2,17,20)/t11-,14-/m1/s1. The van der Waals surface area contributed by atoms with Crippen LogP contribution in [0.25, 0.3) is 0 Å². The van der Waals surface area contributed by atoms with Crippen LogP contribution in [0.1, 0.15) is 25.0 Å².